The fraction of sp³-hybridized carbons (Fsp3) is 0.750. The molecule has 0 aromatic rings. The second kappa shape index (κ2) is 7.46. The zero-order valence-corrected chi connectivity index (χ0v) is 10.0. The van der Waals surface area contributed by atoms with Crippen LogP contribution in [0.25, 0.3) is 0 Å². The van der Waals surface area contributed by atoms with Gasteiger partial charge in [-0.1, -0.05) is 13.0 Å². The van der Waals surface area contributed by atoms with Gasteiger partial charge in [-0.2, -0.15) is 0 Å². The van der Waals surface area contributed by atoms with Crippen molar-refractivity contribution < 1.29 is 14.3 Å². The molecule has 0 aliphatic rings. The van der Waals surface area contributed by atoms with Gasteiger partial charge in [0.25, 0.3) is 0 Å². The lowest BCUT2D eigenvalue weighted by Crippen LogP contribution is -2.29. The Morgan fingerprint density at radius 1 is 1.40 bits per heavy atom. The molecule has 0 rings (SSSR count). The van der Waals surface area contributed by atoms with Crippen molar-refractivity contribution in [2.24, 2.45) is 5.41 Å². The van der Waals surface area contributed by atoms with E-state index < -0.39 is 5.41 Å². The smallest absolute Gasteiger partial charge is 0.315 e. The first kappa shape index (κ1) is 14.2. The number of ether oxygens (including phenoxy) is 2. The van der Waals surface area contributed by atoms with Crippen LogP contribution in [0.2, 0.25) is 0 Å². The minimum absolute atomic E-state index is 0.222. The summed E-state index contributed by atoms with van der Waals surface area (Å²) in [6.07, 6.45) is 3.25. The number of hydrogen-bond donors (Lipinski definition) is 0. The maximum Gasteiger partial charge on any atom is 0.315 e. The molecule has 0 heterocycles. The average Bonchev–Trinajstić information content (AvgIpc) is 2.24. The zero-order chi connectivity index (χ0) is 11.7. The minimum Gasteiger partial charge on any atom is -0.465 e. The van der Waals surface area contributed by atoms with E-state index in [1.165, 1.54) is 0 Å². The molecule has 0 N–H and O–H groups in total. The van der Waals surface area contributed by atoms with E-state index in [1.807, 2.05) is 6.92 Å². The molecule has 0 aromatic heterocycles. The Morgan fingerprint density at radius 2 is 2.07 bits per heavy atom. The van der Waals surface area contributed by atoms with Gasteiger partial charge in [-0.3, -0.25) is 4.79 Å². The molecule has 1 atom stereocenters. The summed E-state index contributed by atoms with van der Waals surface area (Å²) in [4.78, 5) is 11.6. The molecule has 0 radical (unpaired) electrons. The van der Waals surface area contributed by atoms with Crippen LogP contribution in [-0.4, -0.2) is 25.8 Å². The maximum atomic E-state index is 11.6. The van der Waals surface area contributed by atoms with Crippen LogP contribution in [-0.2, 0) is 14.3 Å². The van der Waals surface area contributed by atoms with Gasteiger partial charge in [0, 0.05) is 13.2 Å². The summed E-state index contributed by atoms with van der Waals surface area (Å²) in [7, 11) is 0. The molecule has 0 aromatic carbocycles. The van der Waals surface area contributed by atoms with Gasteiger partial charge < -0.3 is 9.47 Å². The van der Waals surface area contributed by atoms with Crippen molar-refractivity contribution in [1.29, 1.82) is 0 Å². The van der Waals surface area contributed by atoms with Crippen molar-refractivity contribution >= 4 is 5.97 Å². The van der Waals surface area contributed by atoms with Gasteiger partial charge in [0.1, 0.15) is 0 Å². The van der Waals surface area contributed by atoms with Crippen LogP contribution < -0.4 is 0 Å². The van der Waals surface area contributed by atoms with Gasteiger partial charge in [0.2, 0.25) is 0 Å². The third-order valence-electron chi connectivity index (χ3n) is 2.31. The van der Waals surface area contributed by atoms with E-state index in [1.54, 1.807) is 13.0 Å². The lowest BCUT2D eigenvalue weighted by Gasteiger charge is -2.22. The van der Waals surface area contributed by atoms with Gasteiger partial charge in [-0.05, 0) is 26.7 Å². The molecule has 0 spiro atoms. The van der Waals surface area contributed by atoms with Gasteiger partial charge >= 0.3 is 5.97 Å². The second-order valence-corrected chi connectivity index (χ2v) is 3.70. The van der Waals surface area contributed by atoms with Gasteiger partial charge in [-0.15, -0.1) is 6.58 Å². The largest absolute Gasteiger partial charge is 0.465 e. The standard InChI is InChI=1S/C12H22O3/c1-5-9-14-10-8-12(4,6-2)11(13)15-7-3/h6H,2,5,7-10H2,1,3-4H3. The molecular formula is C12H22O3. The highest BCUT2D eigenvalue weighted by Crippen LogP contribution is 2.24. The molecule has 88 valence electrons. The van der Waals surface area contributed by atoms with Crippen molar-refractivity contribution in [2.45, 2.75) is 33.6 Å². The summed E-state index contributed by atoms with van der Waals surface area (Å²) in [6, 6.07) is 0. The van der Waals surface area contributed by atoms with E-state index >= 15 is 0 Å². The van der Waals surface area contributed by atoms with Crippen molar-refractivity contribution in [1.82, 2.24) is 0 Å². The molecule has 3 nitrogen and oxygen atoms in total. The molecule has 0 saturated carbocycles. The normalized spacial score (nSPS) is 14.3. The Kier molecular flexibility index (Phi) is 7.05. The van der Waals surface area contributed by atoms with Crippen molar-refractivity contribution in [3.8, 4) is 0 Å². The van der Waals surface area contributed by atoms with Crippen molar-refractivity contribution in [2.75, 3.05) is 19.8 Å². The predicted octanol–water partition coefficient (Wildman–Crippen LogP) is 2.56. The van der Waals surface area contributed by atoms with Gasteiger partial charge in [0.15, 0.2) is 0 Å². The molecular weight excluding hydrogens is 192 g/mol. The Labute approximate surface area is 92.5 Å². The Hall–Kier alpha value is -0.830. The Morgan fingerprint density at radius 3 is 2.53 bits per heavy atom. The fourth-order valence-electron chi connectivity index (χ4n) is 1.11. The van der Waals surface area contributed by atoms with E-state index in [4.69, 9.17) is 9.47 Å². The summed E-state index contributed by atoms with van der Waals surface area (Å²) in [6.45, 7) is 11.1. The van der Waals surface area contributed by atoms with Crippen LogP contribution in [0.15, 0.2) is 12.7 Å². The van der Waals surface area contributed by atoms with Gasteiger partial charge in [0.05, 0.1) is 12.0 Å². The summed E-state index contributed by atoms with van der Waals surface area (Å²) in [5, 5.41) is 0. The Bertz CT molecular complexity index is 201. The monoisotopic (exact) mass is 214 g/mol. The van der Waals surface area contributed by atoms with Crippen LogP contribution in [0.5, 0.6) is 0 Å². The maximum absolute atomic E-state index is 11.6. The van der Waals surface area contributed by atoms with E-state index in [9.17, 15) is 4.79 Å². The SMILES string of the molecule is C=CC(C)(CCOCCC)C(=O)OCC. The summed E-state index contributed by atoms with van der Waals surface area (Å²) in [5.74, 6) is -0.222. The highest BCUT2D eigenvalue weighted by atomic mass is 16.5. The van der Waals surface area contributed by atoms with E-state index in [2.05, 4.69) is 13.5 Å². The fourth-order valence-corrected chi connectivity index (χ4v) is 1.11. The first-order valence-electron chi connectivity index (χ1n) is 5.49. The summed E-state index contributed by atoms with van der Waals surface area (Å²) < 4.78 is 10.3. The summed E-state index contributed by atoms with van der Waals surface area (Å²) >= 11 is 0. The average molecular weight is 214 g/mol. The van der Waals surface area contributed by atoms with Crippen molar-refractivity contribution in [3.63, 3.8) is 0 Å². The topological polar surface area (TPSA) is 35.5 Å². The lowest BCUT2D eigenvalue weighted by atomic mass is 9.87. The molecule has 0 bridgehead atoms. The quantitative estimate of drug-likeness (QED) is 0.354. The molecule has 0 saturated heterocycles. The minimum atomic E-state index is -0.621. The van der Waals surface area contributed by atoms with Crippen LogP contribution in [0.4, 0.5) is 0 Å². The molecule has 15 heavy (non-hydrogen) atoms. The van der Waals surface area contributed by atoms with Crippen LogP contribution in [0.1, 0.15) is 33.6 Å². The number of carbonyl (C=O) groups excluding carboxylic acids is 1. The predicted molar refractivity (Wildman–Crippen MR) is 60.7 cm³/mol. The third kappa shape index (κ3) is 4.98. The third-order valence-corrected chi connectivity index (χ3v) is 2.31. The highest BCUT2D eigenvalue weighted by molar-refractivity contribution is 5.78. The molecule has 0 aliphatic heterocycles. The number of rotatable bonds is 8. The van der Waals surface area contributed by atoms with E-state index in [-0.39, 0.29) is 5.97 Å². The van der Waals surface area contributed by atoms with Crippen LogP contribution in [0, 0.1) is 5.41 Å². The number of hydrogen-bond acceptors (Lipinski definition) is 3. The van der Waals surface area contributed by atoms with Crippen molar-refractivity contribution in [3.05, 3.63) is 12.7 Å². The molecule has 0 amide bonds. The summed E-state index contributed by atoms with van der Waals surface area (Å²) in [5.41, 5.74) is -0.621. The zero-order valence-electron chi connectivity index (χ0n) is 10.0. The molecule has 1 unspecified atom stereocenters. The Balaban J connectivity index is 4.06. The number of esters is 1. The van der Waals surface area contributed by atoms with E-state index in [0.717, 1.165) is 13.0 Å². The first-order chi connectivity index (χ1) is 7.10. The second-order valence-electron chi connectivity index (χ2n) is 3.70. The van der Waals surface area contributed by atoms with Gasteiger partial charge in [-0.25, -0.2) is 0 Å². The molecule has 0 fully saturated rings. The highest BCUT2D eigenvalue weighted by Gasteiger charge is 2.30. The lowest BCUT2D eigenvalue weighted by molar-refractivity contribution is -0.152. The first-order valence-corrected chi connectivity index (χ1v) is 5.49. The van der Waals surface area contributed by atoms with Crippen LogP contribution in [0.3, 0.4) is 0 Å². The van der Waals surface area contributed by atoms with Crippen LogP contribution >= 0.6 is 0 Å². The van der Waals surface area contributed by atoms with E-state index in [0.29, 0.717) is 19.6 Å². The molecule has 3 heteroatoms. The molecule has 0 aliphatic carbocycles. The number of carbonyl (C=O) groups is 1.